The predicted octanol–water partition coefficient (Wildman–Crippen LogP) is 4.01. The Bertz CT molecular complexity index is 1220. The maximum atomic E-state index is 13.3. The van der Waals surface area contributed by atoms with Gasteiger partial charge < -0.3 is 0 Å². The van der Waals surface area contributed by atoms with Crippen LogP contribution in [0.3, 0.4) is 0 Å². The van der Waals surface area contributed by atoms with E-state index < -0.39 is 0 Å². The Morgan fingerprint density at radius 3 is 2.33 bits per heavy atom. The summed E-state index contributed by atoms with van der Waals surface area (Å²) in [5.41, 5.74) is 3.44. The van der Waals surface area contributed by atoms with Crippen LogP contribution >= 0.6 is 0 Å². The molecule has 2 fully saturated rings. The van der Waals surface area contributed by atoms with E-state index in [9.17, 15) is 9.59 Å². The molecule has 0 radical (unpaired) electrons. The van der Waals surface area contributed by atoms with Gasteiger partial charge in [-0.1, -0.05) is 54.6 Å². The van der Waals surface area contributed by atoms with E-state index in [-0.39, 0.29) is 35.5 Å². The van der Waals surface area contributed by atoms with Crippen molar-refractivity contribution >= 4 is 28.3 Å². The van der Waals surface area contributed by atoms with Crippen molar-refractivity contribution in [3.05, 3.63) is 71.6 Å². The third kappa shape index (κ3) is 2.26. The van der Waals surface area contributed by atoms with E-state index in [2.05, 4.69) is 42.5 Å². The summed E-state index contributed by atoms with van der Waals surface area (Å²) in [4.78, 5) is 28.0. The minimum atomic E-state index is -0.187. The van der Waals surface area contributed by atoms with Gasteiger partial charge in [-0.15, -0.1) is 0 Å². The summed E-state index contributed by atoms with van der Waals surface area (Å²) in [5.74, 6) is -0.0310. The van der Waals surface area contributed by atoms with Crippen molar-refractivity contribution in [3.8, 4) is 0 Å². The van der Waals surface area contributed by atoms with Gasteiger partial charge >= 0.3 is 0 Å². The van der Waals surface area contributed by atoms with Gasteiger partial charge in [0.05, 0.1) is 35.5 Å². The molecule has 1 saturated carbocycles. The predicted molar refractivity (Wildman–Crippen MR) is 115 cm³/mol. The van der Waals surface area contributed by atoms with E-state index in [0.29, 0.717) is 12.2 Å². The van der Waals surface area contributed by atoms with Crippen LogP contribution in [0.5, 0.6) is 0 Å². The van der Waals surface area contributed by atoms with Gasteiger partial charge in [-0.2, -0.15) is 5.10 Å². The molecule has 2 bridgehead atoms. The number of nitrogens with zero attached hydrogens (tertiary/aromatic N) is 3. The van der Waals surface area contributed by atoms with Gasteiger partial charge in [0.25, 0.3) is 0 Å². The monoisotopic (exact) mass is 397 g/mol. The summed E-state index contributed by atoms with van der Waals surface area (Å²) in [6.45, 7) is 4.45. The molecular weight excluding hydrogens is 374 g/mol. The van der Waals surface area contributed by atoms with Gasteiger partial charge in [-0.3, -0.25) is 14.3 Å². The number of amides is 2. The number of allylic oxidation sites excluding steroid dienone is 2. The molecule has 30 heavy (non-hydrogen) atoms. The van der Waals surface area contributed by atoms with Crippen LogP contribution in [0.1, 0.15) is 23.4 Å². The molecule has 0 spiro atoms. The Morgan fingerprint density at radius 2 is 1.60 bits per heavy atom. The molecule has 2 aliphatic carbocycles. The average molecular weight is 397 g/mol. The highest BCUT2D eigenvalue weighted by Gasteiger charge is 2.60. The molecule has 1 aromatic heterocycles. The number of hydrogen-bond donors (Lipinski definition) is 0. The summed E-state index contributed by atoms with van der Waals surface area (Å²) in [6.07, 6.45) is 5.20. The Balaban J connectivity index is 1.39. The molecule has 0 N–H and O–H groups in total. The highest BCUT2D eigenvalue weighted by atomic mass is 16.2. The number of anilines is 1. The molecule has 150 valence electrons. The minimum Gasteiger partial charge on any atom is -0.274 e. The third-order valence-electron chi connectivity index (χ3n) is 7.24. The topological polar surface area (TPSA) is 55.2 Å². The van der Waals surface area contributed by atoms with Crippen molar-refractivity contribution in [2.24, 2.45) is 23.7 Å². The zero-order chi connectivity index (χ0) is 20.6. The van der Waals surface area contributed by atoms with Crippen LogP contribution in [0.25, 0.3) is 10.8 Å². The Labute approximate surface area is 175 Å². The van der Waals surface area contributed by atoms with Crippen molar-refractivity contribution in [1.29, 1.82) is 0 Å². The lowest BCUT2D eigenvalue weighted by Crippen LogP contribution is -2.33. The van der Waals surface area contributed by atoms with Crippen molar-refractivity contribution in [1.82, 2.24) is 9.78 Å². The molecule has 6 rings (SSSR count). The van der Waals surface area contributed by atoms with E-state index in [1.165, 1.54) is 21.2 Å². The first-order chi connectivity index (χ1) is 14.5. The molecule has 4 unspecified atom stereocenters. The molecular formula is C25H23N3O2. The average Bonchev–Trinajstić information content (AvgIpc) is 3.48. The summed E-state index contributed by atoms with van der Waals surface area (Å²) in [5, 5.41) is 7.11. The SMILES string of the molecule is Cc1nn(Cc2cccc3ccccc23)c(C)c1N1C(=O)C2C3C=CC(C3)C2C1=O. The normalized spacial score (nSPS) is 26.9. The molecule has 4 atom stereocenters. The maximum Gasteiger partial charge on any atom is 0.238 e. The zero-order valence-corrected chi connectivity index (χ0v) is 17.1. The molecule has 3 aromatic rings. The molecule has 5 heteroatoms. The fourth-order valence-corrected chi connectivity index (χ4v) is 5.88. The molecule has 2 amide bonds. The second-order valence-electron chi connectivity index (χ2n) is 8.83. The van der Waals surface area contributed by atoms with E-state index in [0.717, 1.165) is 17.8 Å². The smallest absolute Gasteiger partial charge is 0.238 e. The van der Waals surface area contributed by atoms with Crippen LogP contribution < -0.4 is 4.90 Å². The number of carbonyl (C=O) groups is 2. The highest BCUT2D eigenvalue weighted by molar-refractivity contribution is 6.23. The van der Waals surface area contributed by atoms with Crippen molar-refractivity contribution in [2.75, 3.05) is 4.90 Å². The second kappa shape index (κ2) is 6.14. The fraction of sp³-hybridized carbons (Fsp3) is 0.320. The second-order valence-corrected chi connectivity index (χ2v) is 8.83. The van der Waals surface area contributed by atoms with Gasteiger partial charge in [-0.05, 0) is 48.4 Å². The van der Waals surface area contributed by atoms with Gasteiger partial charge in [-0.25, -0.2) is 4.90 Å². The number of benzene rings is 2. The Morgan fingerprint density at radius 1 is 0.933 bits per heavy atom. The van der Waals surface area contributed by atoms with Crippen LogP contribution in [0.15, 0.2) is 54.6 Å². The van der Waals surface area contributed by atoms with Gasteiger partial charge in [0.2, 0.25) is 11.8 Å². The van der Waals surface area contributed by atoms with E-state index in [4.69, 9.17) is 5.10 Å². The standard InChI is InChI=1S/C25H23N3O2/c1-14-23(28-24(29)21-17-10-11-18(12-17)22(21)25(28)30)15(2)27(26-14)13-19-8-5-7-16-6-3-4-9-20(16)19/h3-11,17-18,21-22H,12-13H2,1-2H3. The van der Waals surface area contributed by atoms with Crippen LogP contribution in [0, 0.1) is 37.5 Å². The van der Waals surface area contributed by atoms with Crippen LogP contribution in [0.4, 0.5) is 5.69 Å². The Kier molecular flexibility index (Phi) is 3.61. The summed E-state index contributed by atoms with van der Waals surface area (Å²) in [6, 6.07) is 14.6. The molecule has 5 nitrogen and oxygen atoms in total. The summed E-state index contributed by atoms with van der Waals surface area (Å²) < 4.78 is 1.92. The number of imide groups is 1. The summed E-state index contributed by atoms with van der Waals surface area (Å²) >= 11 is 0. The fourth-order valence-electron chi connectivity index (χ4n) is 5.88. The lowest BCUT2D eigenvalue weighted by atomic mass is 9.85. The van der Waals surface area contributed by atoms with Gasteiger partial charge in [0, 0.05) is 0 Å². The number of aryl methyl sites for hydroxylation is 1. The Hall–Kier alpha value is -3.21. The summed E-state index contributed by atoms with van der Waals surface area (Å²) in [7, 11) is 0. The van der Waals surface area contributed by atoms with E-state index >= 15 is 0 Å². The van der Waals surface area contributed by atoms with Crippen molar-refractivity contribution in [3.63, 3.8) is 0 Å². The highest BCUT2D eigenvalue weighted by Crippen LogP contribution is 2.53. The number of rotatable bonds is 3. The lowest BCUT2D eigenvalue weighted by molar-refractivity contribution is -0.123. The first-order valence-corrected chi connectivity index (χ1v) is 10.6. The molecule has 1 aliphatic heterocycles. The zero-order valence-electron chi connectivity index (χ0n) is 17.1. The molecule has 1 saturated heterocycles. The first-order valence-electron chi connectivity index (χ1n) is 10.6. The largest absolute Gasteiger partial charge is 0.274 e. The van der Waals surface area contributed by atoms with Crippen molar-refractivity contribution < 1.29 is 9.59 Å². The number of carbonyl (C=O) groups excluding carboxylic acids is 2. The molecule has 3 aliphatic rings. The first kappa shape index (κ1) is 17.6. The van der Waals surface area contributed by atoms with Crippen molar-refractivity contribution in [2.45, 2.75) is 26.8 Å². The maximum absolute atomic E-state index is 13.3. The molecule has 2 aromatic carbocycles. The number of hydrogen-bond acceptors (Lipinski definition) is 3. The van der Waals surface area contributed by atoms with E-state index in [1.807, 2.05) is 30.7 Å². The van der Waals surface area contributed by atoms with Gasteiger partial charge in [0.1, 0.15) is 0 Å². The number of aromatic nitrogens is 2. The van der Waals surface area contributed by atoms with Crippen LogP contribution in [0.2, 0.25) is 0 Å². The molecule has 2 heterocycles. The van der Waals surface area contributed by atoms with E-state index in [1.54, 1.807) is 0 Å². The lowest BCUT2D eigenvalue weighted by Gasteiger charge is -2.18. The van der Waals surface area contributed by atoms with Crippen LogP contribution in [-0.2, 0) is 16.1 Å². The van der Waals surface area contributed by atoms with Crippen LogP contribution in [-0.4, -0.2) is 21.6 Å². The third-order valence-corrected chi connectivity index (χ3v) is 7.24. The quantitative estimate of drug-likeness (QED) is 0.496. The van der Waals surface area contributed by atoms with Gasteiger partial charge in [0.15, 0.2) is 0 Å². The number of fused-ring (bicyclic) bond motifs is 6. The minimum absolute atomic E-state index is 0.0437.